The summed E-state index contributed by atoms with van der Waals surface area (Å²) in [4.78, 5) is 11.8. The average Bonchev–Trinajstić information content (AvgIpc) is 2.36. The third-order valence-corrected chi connectivity index (χ3v) is 3.43. The van der Waals surface area contributed by atoms with Crippen LogP contribution in [-0.4, -0.2) is 6.03 Å². The number of rotatable bonds is 2. The van der Waals surface area contributed by atoms with Gasteiger partial charge in [0.05, 0.1) is 5.69 Å². The maximum atomic E-state index is 12.9. The fourth-order valence-corrected chi connectivity index (χ4v) is 2.15. The molecule has 2 rings (SSSR count). The van der Waals surface area contributed by atoms with Crippen molar-refractivity contribution in [2.45, 2.75) is 0 Å². The van der Waals surface area contributed by atoms with Gasteiger partial charge in [0.15, 0.2) is 0 Å². The molecule has 0 aliphatic rings. The van der Waals surface area contributed by atoms with E-state index in [0.29, 0.717) is 20.0 Å². The maximum Gasteiger partial charge on any atom is 0.323 e. The van der Waals surface area contributed by atoms with Crippen molar-refractivity contribution < 1.29 is 9.18 Å². The molecule has 3 nitrogen and oxygen atoms in total. The van der Waals surface area contributed by atoms with Crippen molar-refractivity contribution in [2.75, 3.05) is 10.6 Å². The maximum absolute atomic E-state index is 12.9. The zero-order chi connectivity index (χ0) is 13.8. The number of benzene rings is 2. The molecule has 0 bridgehead atoms. The first-order chi connectivity index (χ1) is 9.04. The second-order valence-corrected chi connectivity index (χ2v) is 5.31. The van der Waals surface area contributed by atoms with Gasteiger partial charge in [-0.15, -0.1) is 0 Å². The number of anilines is 2. The minimum absolute atomic E-state index is 0.340. The van der Waals surface area contributed by atoms with Gasteiger partial charge in [-0.25, -0.2) is 9.18 Å². The van der Waals surface area contributed by atoms with Crippen molar-refractivity contribution in [3.63, 3.8) is 0 Å². The molecule has 98 valence electrons. The first kappa shape index (κ1) is 14.1. The lowest BCUT2D eigenvalue weighted by atomic mass is 10.3. The summed E-state index contributed by atoms with van der Waals surface area (Å²) in [5.41, 5.74) is 1.17. The number of carbonyl (C=O) groups is 1. The second kappa shape index (κ2) is 6.21. The largest absolute Gasteiger partial charge is 0.323 e. The second-order valence-electron chi connectivity index (χ2n) is 3.71. The SMILES string of the molecule is O=C(Nc1ccc(Cl)cc1)Nc1ccc(F)cc1I. The van der Waals surface area contributed by atoms with Gasteiger partial charge in [0.2, 0.25) is 0 Å². The van der Waals surface area contributed by atoms with Crippen LogP contribution < -0.4 is 10.6 Å². The van der Waals surface area contributed by atoms with E-state index >= 15 is 0 Å². The zero-order valence-corrected chi connectivity index (χ0v) is 12.5. The molecule has 0 unspecified atom stereocenters. The molecule has 2 N–H and O–H groups in total. The van der Waals surface area contributed by atoms with Gasteiger partial charge in [-0.3, -0.25) is 0 Å². The Morgan fingerprint density at radius 2 is 1.79 bits per heavy atom. The predicted octanol–water partition coefficient (Wildman–Crippen LogP) is 4.73. The number of carbonyl (C=O) groups excluding carboxylic acids is 1. The first-order valence-corrected chi connectivity index (χ1v) is 6.79. The topological polar surface area (TPSA) is 41.1 Å². The fraction of sp³-hybridized carbons (Fsp3) is 0. The van der Waals surface area contributed by atoms with Crippen LogP contribution in [0.4, 0.5) is 20.6 Å². The van der Waals surface area contributed by atoms with E-state index in [1.807, 2.05) is 22.6 Å². The van der Waals surface area contributed by atoms with Gasteiger partial charge < -0.3 is 10.6 Å². The summed E-state index contributed by atoms with van der Waals surface area (Å²) < 4.78 is 13.6. The lowest BCUT2D eigenvalue weighted by Gasteiger charge is -2.09. The van der Waals surface area contributed by atoms with Crippen LogP contribution >= 0.6 is 34.2 Å². The standard InChI is InChI=1S/C13H9ClFIN2O/c14-8-1-4-10(5-2-8)17-13(19)18-12-6-3-9(15)7-11(12)16/h1-7H,(H2,17,18,19). The Morgan fingerprint density at radius 3 is 2.42 bits per heavy atom. The molecule has 6 heteroatoms. The molecule has 2 amide bonds. The monoisotopic (exact) mass is 390 g/mol. The smallest absolute Gasteiger partial charge is 0.308 e. The van der Waals surface area contributed by atoms with E-state index in [-0.39, 0.29) is 5.82 Å². The Kier molecular flexibility index (Phi) is 4.60. The highest BCUT2D eigenvalue weighted by molar-refractivity contribution is 14.1. The highest BCUT2D eigenvalue weighted by Crippen LogP contribution is 2.19. The number of hydrogen-bond donors (Lipinski definition) is 2. The van der Waals surface area contributed by atoms with E-state index in [1.54, 1.807) is 24.3 Å². The third-order valence-electron chi connectivity index (χ3n) is 2.28. The molecule has 0 saturated heterocycles. The summed E-state index contributed by atoms with van der Waals surface area (Å²) in [5.74, 6) is -0.340. The molecule has 0 aliphatic carbocycles. The number of nitrogens with one attached hydrogen (secondary N) is 2. The van der Waals surface area contributed by atoms with Crippen LogP contribution in [0.5, 0.6) is 0 Å². The van der Waals surface area contributed by atoms with Crippen LogP contribution in [0.25, 0.3) is 0 Å². The Bertz CT molecular complexity index is 604. The Hall–Kier alpha value is -1.34. The van der Waals surface area contributed by atoms with Gasteiger partial charge in [0.1, 0.15) is 5.82 Å². The van der Waals surface area contributed by atoms with Crippen LogP contribution in [0.15, 0.2) is 42.5 Å². The summed E-state index contributed by atoms with van der Waals surface area (Å²) >= 11 is 7.70. The molecule has 2 aromatic carbocycles. The Labute approximate surface area is 128 Å². The highest BCUT2D eigenvalue weighted by atomic mass is 127. The summed E-state index contributed by atoms with van der Waals surface area (Å²) in [7, 11) is 0. The molecule has 0 atom stereocenters. The van der Waals surface area contributed by atoms with Crippen molar-refractivity contribution in [1.29, 1.82) is 0 Å². The summed E-state index contributed by atoms with van der Waals surface area (Å²) in [6, 6.07) is 10.5. The van der Waals surface area contributed by atoms with E-state index in [0.717, 1.165) is 0 Å². The summed E-state index contributed by atoms with van der Waals surface area (Å²) in [5, 5.41) is 5.89. The molecular weight excluding hydrogens is 382 g/mol. The molecular formula is C13H9ClFIN2O. The summed E-state index contributed by atoms with van der Waals surface area (Å²) in [6.07, 6.45) is 0. The quantitative estimate of drug-likeness (QED) is 0.715. The van der Waals surface area contributed by atoms with Crippen molar-refractivity contribution in [1.82, 2.24) is 0 Å². The van der Waals surface area contributed by atoms with Gasteiger partial charge in [0.25, 0.3) is 0 Å². The van der Waals surface area contributed by atoms with Gasteiger partial charge in [-0.05, 0) is 65.1 Å². The van der Waals surface area contributed by atoms with Crippen LogP contribution in [0.1, 0.15) is 0 Å². The predicted molar refractivity (Wildman–Crippen MR) is 83.2 cm³/mol. The van der Waals surface area contributed by atoms with Gasteiger partial charge >= 0.3 is 6.03 Å². The van der Waals surface area contributed by atoms with Gasteiger partial charge in [-0.1, -0.05) is 11.6 Å². The minimum Gasteiger partial charge on any atom is -0.308 e. The third kappa shape index (κ3) is 4.07. The molecule has 0 radical (unpaired) electrons. The van der Waals surface area contributed by atoms with E-state index in [9.17, 15) is 9.18 Å². The number of hydrogen-bond acceptors (Lipinski definition) is 1. The first-order valence-electron chi connectivity index (χ1n) is 5.33. The van der Waals surface area contributed by atoms with Crippen molar-refractivity contribution >= 4 is 51.6 Å². The van der Waals surface area contributed by atoms with Crippen LogP contribution in [-0.2, 0) is 0 Å². The van der Waals surface area contributed by atoms with Crippen LogP contribution in [0.3, 0.4) is 0 Å². The number of amides is 2. The van der Waals surface area contributed by atoms with Crippen molar-refractivity contribution in [3.05, 3.63) is 56.9 Å². The molecule has 0 fully saturated rings. The molecule has 0 heterocycles. The normalized spacial score (nSPS) is 10.1. The van der Waals surface area contributed by atoms with E-state index in [2.05, 4.69) is 10.6 Å². The molecule has 2 aromatic rings. The van der Waals surface area contributed by atoms with Crippen molar-refractivity contribution in [2.24, 2.45) is 0 Å². The fourth-order valence-electron chi connectivity index (χ4n) is 1.41. The van der Waals surface area contributed by atoms with E-state index in [1.165, 1.54) is 18.2 Å². The lowest BCUT2D eigenvalue weighted by Crippen LogP contribution is -2.19. The molecule has 0 aliphatic heterocycles. The van der Waals surface area contributed by atoms with Gasteiger partial charge in [-0.2, -0.15) is 0 Å². The lowest BCUT2D eigenvalue weighted by molar-refractivity contribution is 0.262. The Balaban J connectivity index is 2.03. The molecule has 0 aromatic heterocycles. The van der Waals surface area contributed by atoms with Crippen LogP contribution in [0.2, 0.25) is 5.02 Å². The van der Waals surface area contributed by atoms with Gasteiger partial charge in [0, 0.05) is 14.3 Å². The zero-order valence-electron chi connectivity index (χ0n) is 9.58. The Morgan fingerprint density at radius 1 is 1.11 bits per heavy atom. The van der Waals surface area contributed by atoms with Crippen molar-refractivity contribution in [3.8, 4) is 0 Å². The summed E-state index contributed by atoms with van der Waals surface area (Å²) in [6.45, 7) is 0. The van der Waals surface area contributed by atoms with Crippen LogP contribution in [0, 0.1) is 9.39 Å². The molecule has 0 spiro atoms. The van der Waals surface area contributed by atoms with E-state index < -0.39 is 6.03 Å². The number of urea groups is 1. The van der Waals surface area contributed by atoms with E-state index in [4.69, 9.17) is 11.6 Å². The minimum atomic E-state index is -0.396. The average molecular weight is 391 g/mol. The molecule has 19 heavy (non-hydrogen) atoms. The number of halogens is 3. The molecule has 0 saturated carbocycles. The highest BCUT2D eigenvalue weighted by Gasteiger charge is 2.06.